The minimum atomic E-state index is -0.826. The van der Waals surface area contributed by atoms with Crippen LogP contribution in [-0.2, 0) is 9.47 Å². The maximum atomic E-state index is 12.1. The third-order valence-electron chi connectivity index (χ3n) is 2.42. The fourth-order valence-electron chi connectivity index (χ4n) is 1.56. The maximum Gasteiger partial charge on any atom is 0.343 e. The molecule has 0 bridgehead atoms. The highest BCUT2D eigenvalue weighted by Crippen LogP contribution is 2.02. The predicted octanol–water partition coefficient (Wildman–Crippen LogP) is -0.263. The molecule has 1 heterocycles. The van der Waals surface area contributed by atoms with Crippen LogP contribution in [0.5, 0.6) is 0 Å². The number of hydrogen-bond donors (Lipinski definition) is 2. The van der Waals surface area contributed by atoms with Crippen molar-refractivity contribution in [1.29, 1.82) is 0 Å². The molecule has 0 aliphatic carbocycles. The van der Waals surface area contributed by atoms with Gasteiger partial charge in [-0.05, 0) is 13.8 Å². The smallest absolute Gasteiger partial charge is 0.343 e. The summed E-state index contributed by atoms with van der Waals surface area (Å²) < 4.78 is 10.8. The van der Waals surface area contributed by atoms with Gasteiger partial charge in [0.05, 0.1) is 26.4 Å². The van der Waals surface area contributed by atoms with Crippen molar-refractivity contribution in [2.45, 2.75) is 13.8 Å². The molecule has 0 amide bonds. The van der Waals surface area contributed by atoms with Crippen molar-refractivity contribution in [1.82, 2.24) is 4.68 Å². The Morgan fingerprint density at radius 1 is 1.14 bits per heavy atom. The number of pyridine rings is 1. The van der Waals surface area contributed by atoms with Crippen LogP contribution < -0.4 is 10.9 Å². The van der Waals surface area contributed by atoms with Crippen LogP contribution in [0.2, 0.25) is 0 Å². The first kappa shape index (κ1) is 16.7. The number of rotatable bonds is 7. The van der Waals surface area contributed by atoms with Gasteiger partial charge < -0.3 is 20.0 Å². The lowest BCUT2D eigenvalue weighted by Gasteiger charge is -2.12. The molecule has 8 nitrogen and oxygen atoms in total. The third kappa shape index (κ3) is 4.32. The van der Waals surface area contributed by atoms with Crippen LogP contribution in [0.1, 0.15) is 34.6 Å². The lowest BCUT2D eigenvalue weighted by atomic mass is 10.2. The Morgan fingerprint density at radius 2 is 1.62 bits per heavy atom. The number of nitrogens with zero attached hydrogens (tertiary/aromatic N) is 1. The Morgan fingerprint density at radius 3 is 2.00 bits per heavy atom. The number of nitrogens with one attached hydrogen (secondary N) is 1. The van der Waals surface area contributed by atoms with Crippen molar-refractivity contribution < 1.29 is 24.2 Å². The highest BCUT2D eigenvalue weighted by atomic mass is 16.5. The van der Waals surface area contributed by atoms with E-state index in [1.165, 1.54) is 17.1 Å². The van der Waals surface area contributed by atoms with Gasteiger partial charge in [-0.15, -0.1) is 0 Å². The van der Waals surface area contributed by atoms with Gasteiger partial charge in [0, 0.05) is 12.4 Å². The quantitative estimate of drug-likeness (QED) is 0.668. The molecule has 0 aliphatic rings. The second-order valence-electron chi connectivity index (χ2n) is 3.89. The highest BCUT2D eigenvalue weighted by Gasteiger charge is 2.20. The number of hydrogen-bond acceptors (Lipinski definition) is 7. The normalized spacial score (nSPS) is 10.0. The molecule has 0 aromatic carbocycles. The number of aliphatic hydroxyl groups is 1. The van der Waals surface area contributed by atoms with E-state index >= 15 is 0 Å². The van der Waals surface area contributed by atoms with E-state index in [-0.39, 0.29) is 37.5 Å². The van der Waals surface area contributed by atoms with Crippen molar-refractivity contribution >= 4 is 11.9 Å². The van der Waals surface area contributed by atoms with Gasteiger partial charge in [0.25, 0.3) is 0 Å². The van der Waals surface area contributed by atoms with Gasteiger partial charge in [0.2, 0.25) is 5.43 Å². The average Bonchev–Trinajstić information content (AvgIpc) is 2.46. The Kier molecular flexibility index (Phi) is 6.41. The molecule has 0 saturated heterocycles. The van der Waals surface area contributed by atoms with Gasteiger partial charge in [0.1, 0.15) is 11.1 Å². The van der Waals surface area contributed by atoms with Gasteiger partial charge in [-0.3, -0.25) is 9.47 Å². The molecule has 0 spiro atoms. The monoisotopic (exact) mass is 298 g/mol. The average molecular weight is 298 g/mol. The number of carbonyl (C=O) groups excluding carboxylic acids is 2. The molecule has 1 rings (SSSR count). The number of aromatic nitrogens is 1. The van der Waals surface area contributed by atoms with Crippen molar-refractivity contribution in [2.75, 3.05) is 31.8 Å². The lowest BCUT2D eigenvalue weighted by molar-refractivity contribution is 0.0520. The van der Waals surface area contributed by atoms with Gasteiger partial charge in [-0.25, -0.2) is 9.59 Å². The predicted molar refractivity (Wildman–Crippen MR) is 73.9 cm³/mol. The van der Waals surface area contributed by atoms with E-state index in [0.717, 1.165) is 0 Å². The van der Waals surface area contributed by atoms with Gasteiger partial charge in [0.15, 0.2) is 0 Å². The Bertz CT molecular complexity index is 524. The Hall–Kier alpha value is -2.35. The maximum absolute atomic E-state index is 12.1. The fourth-order valence-corrected chi connectivity index (χ4v) is 1.56. The van der Waals surface area contributed by atoms with Gasteiger partial charge >= 0.3 is 11.9 Å². The standard InChI is InChI=1S/C13H18N2O6/c1-3-20-12(18)9-7-15(14-5-6-16)8-10(11(9)17)13(19)21-4-2/h7-8,14,16H,3-6H2,1-2H3. The van der Waals surface area contributed by atoms with Crippen molar-refractivity contribution in [3.63, 3.8) is 0 Å². The third-order valence-corrected chi connectivity index (χ3v) is 2.42. The first-order valence-electron chi connectivity index (χ1n) is 6.50. The van der Waals surface area contributed by atoms with E-state index in [1.807, 2.05) is 0 Å². The van der Waals surface area contributed by atoms with Crippen LogP contribution in [0.15, 0.2) is 17.2 Å². The highest BCUT2D eigenvalue weighted by molar-refractivity contribution is 5.94. The molecule has 0 fully saturated rings. The van der Waals surface area contributed by atoms with Gasteiger partial charge in [-0.1, -0.05) is 0 Å². The Balaban J connectivity index is 3.28. The number of carbonyl (C=O) groups is 2. The van der Waals surface area contributed by atoms with Crippen LogP contribution in [0.3, 0.4) is 0 Å². The first-order valence-corrected chi connectivity index (χ1v) is 6.50. The number of aliphatic hydroxyl groups excluding tert-OH is 1. The largest absolute Gasteiger partial charge is 0.462 e. The van der Waals surface area contributed by atoms with Crippen LogP contribution in [-0.4, -0.2) is 48.1 Å². The molecule has 0 aliphatic heterocycles. The molecule has 21 heavy (non-hydrogen) atoms. The summed E-state index contributed by atoms with van der Waals surface area (Å²) >= 11 is 0. The number of ether oxygens (including phenoxy) is 2. The minimum absolute atomic E-state index is 0.103. The topological polar surface area (TPSA) is 107 Å². The SMILES string of the molecule is CCOC(=O)c1cn(NCCO)cc(C(=O)OCC)c1=O. The molecule has 116 valence electrons. The molecule has 0 radical (unpaired) electrons. The second kappa shape index (κ2) is 8.05. The minimum Gasteiger partial charge on any atom is -0.462 e. The van der Waals surface area contributed by atoms with Gasteiger partial charge in [-0.2, -0.15) is 0 Å². The van der Waals surface area contributed by atoms with Crippen molar-refractivity contribution in [3.05, 3.63) is 33.7 Å². The van der Waals surface area contributed by atoms with Crippen molar-refractivity contribution in [3.8, 4) is 0 Å². The summed E-state index contributed by atoms with van der Waals surface area (Å²) in [6.45, 7) is 3.44. The van der Waals surface area contributed by atoms with E-state index < -0.39 is 17.4 Å². The molecule has 0 atom stereocenters. The zero-order valence-electron chi connectivity index (χ0n) is 11.9. The van der Waals surface area contributed by atoms with E-state index in [4.69, 9.17) is 14.6 Å². The summed E-state index contributed by atoms with van der Waals surface area (Å²) in [5, 5.41) is 8.79. The van der Waals surface area contributed by atoms with Crippen LogP contribution in [0.25, 0.3) is 0 Å². The second-order valence-corrected chi connectivity index (χ2v) is 3.89. The summed E-state index contributed by atoms with van der Waals surface area (Å²) in [6.07, 6.45) is 2.41. The van der Waals surface area contributed by atoms with E-state index in [9.17, 15) is 14.4 Å². The molecule has 8 heteroatoms. The summed E-state index contributed by atoms with van der Waals surface area (Å²) in [5.41, 5.74) is 1.38. The molecular formula is C13H18N2O6. The van der Waals surface area contributed by atoms with Crippen LogP contribution >= 0.6 is 0 Å². The van der Waals surface area contributed by atoms with E-state index in [1.54, 1.807) is 13.8 Å². The molecule has 0 saturated carbocycles. The van der Waals surface area contributed by atoms with Crippen LogP contribution in [0, 0.1) is 0 Å². The number of esters is 2. The first-order chi connectivity index (χ1) is 10.0. The summed E-state index contributed by atoms with van der Waals surface area (Å²) in [5.74, 6) is -1.65. The van der Waals surface area contributed by atoms with E-state index in [0.29, 0.717) is 0 Å². The summed E-state index contributed by atoms with van der Waals surface area (Å²) in [4.78, 5) is 35.7. The summed E-state index contributed by atoms with van der Waals surface area (Å²) in [7, 11) is 0. The zero-order valence-corrected chi connectivity index (χ0v) is 11.9. The molecule has 1 aromatic rings. The van der Waals surface area contributed by atoms with E-state index in [2.05, 4.69) is 5.43 Å². The molecule has 1 aromatic heterocycles. The van der Waals surface area contributed by atoms with Crippen LogP contribution in [0.4, 0.5) is 0 Å². The molecule has 2 N–H and O–H groups in total. The zero-order chi connectivity index (χ0) is 15.8. The summed E-state index contributed by atoms with van der Waals surface area (Å²) in [6, 6.07) is 0. The fraction of sp³-hybridized carbons (Fsp3) is 0.462. The molecule has 0 unspecified atom stereocenters. The van der Waals surface area contributed by atoms with Crippen molar-refractivity contribution in [2.24, 2.45) is 0 Å². The Labute approximate surface area is 121 Å². The molecular weight excluding hydrogens is 280 g/mol. The lowest BCUT2D eigenvalue weighted by Crippen LogP contribution is -2.30.